The van der Waals surface area contributed by atoms with Gasteiger partial charge in [0.05, 0.1) is 54.9 Å². The molecular weight excluding hydrogens is 678 g/mol. The fourth-order valence-electron chi connectivity index (χ4n) is 11.6. The van der Waals surface area contributed by atoms with E-state index in [0.29, 0.717) is 44.6 Å². The summed E-state index contributed by atoms with van der Waals surface area (Å²) >= 11 is 0. The molecule has 0 radical (unpaired) electrons. The molecule has 19 atom stereocenters. The lowest BCUT2D eigenvalue weighted by Crippen LogP contribution is -2.61. The van der Waals surface area contributed by atoms with E-state index in [0.717, 1.165) is 62.5 Å². The SMILES string of the molecule is C=C1C[C@@H]2CC[C@@]34C[C@H]5OC6C(O[C@H]7CC[C@H](CC(=O)C[C@@H]8[C@@H](C)[C@@H](C[C@H](C)CN=[N+]=[N-])O[C@H]8C[C@H]8O[C@@H](CC[C@@H]1O2)C[C@@H](C)C8=C)O[C@@H]7[C@@H]6O3)[C@H]5O4. The van der Waals surface area contributed by atoms with Gasteiger partial charge in [0.2, 0.25) is 0 Å². The van der Waals surface area contributed by atoms with Gasteiger partial charge < -0.3 is 37.9 Å². The number of ketones is 1. The number of carbonyl (C=O) groups is 1. The summed E-state index contributed by atoms with van der Waals surface area (Å²) in [6, 6.07) is 0. The molecule has 0 aromatic carbocycles. The average molecular weight is 738 g/mol. The third-order valence-corrected chi connectivity index (χ3v) is 14.5. The Kier molecular flexibility index (Phi) is 10.1. The van der Waals surface area contributed by atoms with Crippen LogP contribution in [0.15, 0.2) is 29.4 Å². The van der Waals surface area contributed by atoms with Crippen LogP contribution >= 0.6 is 0 Å². The third-order valence-electron chi connectivity index (χ3n) is 14.5. The van der Waals surface area contributed by atoms with Crippen molar-refractivity contribution in [1.29, 1.82) is 0 Å². The number of nitrogens with zero attached hydrogens (tertiary/aromatic N) is 3. The van der Waals surface area contributed by atoms with Gasteiger partial charge in [-0.2, -0.15) is 0 Å². The molecule has 53 heavy (non-hydrogen) atoms. The van der Waals surface area contributed by atoms with E-state index in [2.05, 4.69) is 44.0 Å². The number of hydrogen-bond acceptors (Lipinski definition) is 10. The number of azide groups is 1. The molecule has 10 aliphatic rings. The highest BCUT2D eigenvalue weighted by molar-refractivity contribution is 5.79. The van der Waals surface area contributed by atoms with Gasteiger partial charge >= 0.3 is 0 Å². The van der Waals surface area contributed by atoms with Crippen LogP contribution in [-0.2, 0) is 42.7 Å². The van der Waals surface area contributed by atoms with Crippen molar-refractivity contribution in [3.05, 3.63) is 34.7 Å². The first kappa shape index (κ1) is 36.8. The highest BCUT2D eigenvalue weighted by atomic mass is 16.8. The molecule has 12 bridgehead atoms. The van der Waals surface area contributed by atoms with E-state index in [-0.39, 0.29) is 109 Å². The zero-order chi connectivity index (χ0) is 36.6. The van der Waals surface area contributed by atoms with Crippen molar-refractivity contribution in [2.24, 2.45) is 28.8 Å². The van der Waals surface area contributed by atoms with Crippen LogP contribution in [0.3, 0.4) is 0 Å². The Balaban J connectivity index is 0.979. The van der Waals surface area contributed by atoms with Gasteiger partial charge in [-0.3, -0.25) is 4.79 Å². The fraction of sp³-hybridized carbons (Fsp3) is 0.878. The molecule has 0 aromatic rings. The van der Waals surface area contributed by atoms with Crippen molar-refractivity contribution in [3.8, 4) is 0 Å². The second-order valence-electron chi connectivity index (χ2n) is 18.2. The molecule has 10 aliphatic heterocycles. The summed E-state index contributed by atoms with van der Waals surface area (Å²) in [5.74, 6) is 0.112. The van der Waals surface area contributed by atoms with Gasteiger partial charge in [-0.15, -0.1) is 0 Å². The Morgan fingerprint density at radius 2 is 1.55 bits per heavy atom. The Morgan fingerprint density at radius 3 is 2.40 bits per heavy atom. The molecule has 0 aliphatic carbocycles. The Morgan fingerprint density at radius 1 is 0.792 bits per heavy atom. The predicted molar refractivity (Wildman–Crippen MR) is 193 cm³/mol. The van der Waals surface area contributed by atoms with Gasteiger partial charge in [-0.1, -0.05) is 39.0 Å². The van der Waals surface area contributed by atoms with E-state index in [4.69, 9.17) is 43.4 Å². The predicted octanol–water partition coefficient (Wildman–Crippen LogP) is 6.69. The first-order chi connectivity index (χ1) is 25.6. The molecule has 0 aromatic heterocycles. The van der Waals surface area contributed by atoms with Crippen molar-refractivity contribution in [2.75, 3.05) is 6.54 Å². The van der Waals surface area contributed by atoms with Gasteiger partial charge in [0.25, 0.3) is 0 Å². The van der Waals surface area contributed by atoms with E-state index in [9.17, 15) is 4.79 Å². The summed E-state index contributed by atoms with van der Waals surface area (Å²) in [6.45, 7) is 16.0. The fourth-order valence-corrected chi connectivity index (χ4v) is 11.6. The first-order valence-electron chi connectivity index (χ1n) is 20.7. The topological polar surface area (TPSA) is 140 Å². The summed E-state index contributed by atoms with van der Waals surface area (Å²) in [5.41, 5.74) is 11.2. The maximum Gasteiger partial charge on any atom is 0.172 e. The van der Waals surface area contributed by atoms with Gasteiger partial charge in [-0.05, 0) is 91.7 Å². The zero-order valence-electron chi connectivity index (χ0n) is 31.7. The molecule has 10 fully saturated rings. The molecular formula is C41H59N3O9. The number of carbonyl (C=O) groups excluding carboxylic acids is 1. The molecule has 0 amide bonds. The van der Waals surface area contributed by atoms with Crippen LogP contribution in [0.5, 0.6) is 0 Å². The van der Waals surface area contributed by atoms with Gasteiger partial charge in [-0.25, -0.2) is 0 Å². The molecule has 0 saturated carbocycles. The van der Waals surface area contributed by atoms with Crippen molar-refractivity contribution in [3.63, 3.8) is 0 Å². The van der Waals surface area contributed by atoms with Crippen LogP contribution < -0.4 is 0 Å². The monoisotopic (exact) mass is 737 g/mol. The molecule has 10 rings (SSSR count). The number of rotatable bonds is 4. The maximum absolute atomic E-state index is 14.1. The molecule has 1 spiro atoms. The zero-order valence-corrected chi connectivity index (χ0v) is 31.7. The van der Waals surface area contributed by atoms with E-state index in [1.807, 2.05) is 0 Å². The largest absolute Gasteiger partial charge is 0.374 e. The minimum atomic E-state index is -0.764. The average Bonchev–Trinajstić information content (AvgIpc) is 3.79. The van der Waals surface area contributed by atoms with Crippen LogP contribution in [-0.4, -0.2) is 104 Å². The Labute approximate surface area is 313 Å². The quantitative estimate of drug-likeness (QED) is 0.134. The second kappa shape index (κ2) is 14.6. The highest BCUT2D eigenvalue weighted by Gasteiger charge is 2.68. The van der Waals surface area contributed by atoms with Gasteiger partial charge in [0.15, 0.2) is 5.79 Å². The van der Waals surface area contributed by atoms with Crippen LogP contribution in [0.25, 0.3) is 10.4 Å². The third kappa shape index (κ3) is 6.97. The number of Topliss-reactive ketones (excluding diaryl/α,β-unsaturated/α-hetero) is 1. The molecule has 10 heterocycles. The van der Waals surface area contributed by atoms with Crippen molar-refractivity contribution in [1.82, 2.24) is 0 Å². The van der Waals surface area contributed by atoms with E-state index in [1.165, 1.54) is 0 Å². The molecule has 10 saturated heterocycles. The van der Waals surface area contributed by atoms with E-state index < -0.39 is 5.79 Å². The lowest BCUT2D eigenvalue weighted by Gasteiger charge is -2.47. The van der Waals surface area contributed by atoms with Crippen LogP contribution in [0.1, 0.15) is 104 Å². The number of fused-ring (bicyclic) bond motifs is 6. The summed E-state index contributed by atoms with van der Waals surface area (Å²) < 4.78 is 54.3. The smallest absolute Gasteiger partial charge is 0.172 e. The van der Waals surface area contributed by atoms with Crippen LogP contribution in [0.4, 0.5) is 0 Å². The van der Waals surface area contributed by atoms with Gasteiger partial charge in [0.1, 0.15) is 36.3 Å². The summed E-state index contributed by atoms with van der Waals surface area (Å²) in [7, 11) is 0. The second-order valence-corrected chi connectivity index (χ2v) is 18.2. The minimum absolute atomic E-state index is 0.00440. The molecule has 292 valence electrons. The molecule has 0 N–H and O–H groups in total. The van der Waals surface area contributed by atoms with Gasteiger partial charge in [0, 0.05) is 43.6 Å². The Bertz CT molecular complexity index is 1490. The summed E-state index contributed by atoms with van der Waals surface area (Å²) in [4.78, 5) is 17.1. The van der Waals surface area contributed by atoms with E-state index in [1.54, 1.807) is 0 Å². The molecule has 2 unspecified atom stereocenters. The molecule has 12 nitrogen and oxygen atoms in total. The standard InChI is InChI=1S/C41H59N3O9/c1-20(19-43-44-42)12-32-24(5)29-16-25(45)15-27-7-9-31-36(48-27)40-39-38(50-31)37-35(51-39)18-41(52-37,53-40)11-10-28-14-22(3)30(46-28)8-6-26-13-21(2)23(4)33(47-26)17-34(29)49-32/h20-21,24,26-40H,3-4,6-19H2,1-2,5H3/t20-,21+,24+,26-,27+,28-,29+,30-,31-,32+,33+,34-,35+,36-,37-,38?,39?,40-,41-/m0/s1. The van der Waals surface area contributed by atoms with Crippen LogP contribution in [0.2, 0.25) is 0 Å². The lowest BCUT2D eigenvalue weighted by atomic mass is 9.78. The Hall–Kier alpha value is -1.86. The lowest BCUT2D eigenvalue weighted by molar-refractivity contribution is -0.292. The highest BCUT2D eigenvalue weighted by Crippen LogP contribution is 2.54. The first-order valence-corrected chi connectivity index (χ1v) is 20.7. The van der Waals surface area contributed by atoms with Crippen LogP contribution in [0, 0.1) is 23.7 Å². The van der Waals surface area contributed by atoms with E-state index >= 15 is 0 Å². The maximum atomic E-state index is 14.1. The van der Waals surface area contributed by atoms with Crippen molar-refractivity contribution < 1.29 is 42.7 Å². The van der Waals surface area contributed by atoms with Crippen molar-refractivity contribution in [2.45, 2.75) is 195 Å². The molecule has 12 heteroatoms. The summed E-state index contributed by atoms with van der Waals surface area (Å²) in [6.07, 6.45) is 7.79. The minimum Gasteiger partial charge on any atom is -0.374 e. The normalized spacial score (nSPS) is 51.4. The van der Waals surface area contributed by atoms with Crippen molar-refractivity contribution >= 4 is 5.78 Å². The summed E-state index contributed by atoms with van der Waals surface area (Å²) in [5, 5.41) is 3.82. The number of hydrogen-bond donors (Lipinski definition) is 0. The number of ether oxygens (including phenoxy) is 8.